The SMILES string of the molecule is CCNC(c1cnccc1C)C1CCC(C)O1. The van der Waals surface area contributed by atoms with Crippen molar-refractivity contribution in [2.24, 2.45) is 0 Å². The molecule has 0 aromatic carbocycles. The molecule has 3 heteroatoms. The van der Waals surface area contributed by atoms with Crippen LogP contribution < -0.4 is 5.32 Å². The van der Waals surface area contributed by atoms with Gasteiger partial charge in [-0.15, -0.1) is 0 Å². The van der Waals surface area contributed by atoms with E-state index in [9.17, 15) is 0 Å². The number of nitrogens with zero attached hydrogens (tertiary/aromatic N) is 1. The minimum absolute atomic E-state index is 0.277. The van der Waals surface area contributed by atoms with Gasteiger partial charge >= 0.3 is 0 Å². The van der Waals surface area contributed by atoms with Gasteiger partial charge in [-0.25, -0.2) is 0 Å². The van der Waals surface area contributed by atoms with Crippen LogP contribution in [0.2, 0.25) is 0 Å². The van der Waals surface area contributed by atoms with Crippen LogP contribution in [0.15, 0.2) is 18.5 Å². The van der Waals surface area contributed by atoms with Crippen LogP contribution in [0.4, 0.5) is 0 Å². The first-order valence-corrected chi connectivity index (χ1v) is 6.51. The molecule has 0 bridgehead atoms. The van der Waals surface area contributed by atoms with Crippen molar-refractivity contribution in [3.05, 3.63) is 29.6 Å². The molecule has 1 aromatic heterocycles. The number of hydrogen-bond acceptors (Lipinski definition) is 3. The fourth-order valence-electron chi connectivity index (χ4n) is 2.54. The molecule has 3 atom stereocenters. The summed E-state index contributed by atoms with van der Waals surface area (Å²) in [5, 5.41) is 3.54. The van der Waals surface area contributed by atoms with Gasteiger partial charge in [0.25, 0.3) is 0 Å². The maximum absolute atomic E-state index is 6.00. The molecule has 3 unspecified atom stereocenters. The van der Waals surface area contributed by atoms with E-state index in [0.717, 1.165) is 19.4 Å². The molecular weight excluding hydrogens is 212 g/mol. The highest BCUT2D eigenvalue weighted by Gasteiger charge is 2.30. The summed E-state index contributed by atoms with van der Waals surface area (Å²) < 4.78 is 6.00. The van der Waals surface area contributed by atoms with E-state index < -0.39 is 0 Å². The molecule has 0 amide bonds. The van der Waals surface area contributed by atoms with Gasteiger partial charge in [-0.1, -0.05) is 6.92 Å². The Kier molecular flexibility index (Phi) is 4.13. The average molecular weight is 234 g/mol. The van der Waals surface area contributed by atoms with E-state index >= 15 is 0 Å². The van der Waals surface area contributed by atoms with E-state index in [-0.39, 0.29) is 12.1 Å². The molecule has 1 aliphatic heterocycles. The first-order valence-electron chi connectivity index (χ1n) is 6.51. The van der Waals surface area contributed by atoms with Crippen LogP contribution in [0, 0.1) is 6.92 Å². The third-order valence-electron chi connectivity index (χ3n) is 3.48. The number of rotatable bonds is 4. The van der Waals surface area contributed by atoms with Crippen LogP contribution in [0.25, 0.3) is 0 Å². The molecule has 0 radical (unpaired) electrons. The van der Waals surface area contributed by atoms with Gasteiger partial charge in [-0.3, -0.25) is 4.98 Å². The number of hydrogen-bond donors (Lipinski definition) is 1. The van der Waals surface area contributed by atoms with E-state index in [1.807, 2.05) is 12.4 Å². The predicted molar refractivity (Wildman–Crippen MR) is 69.0 cm³/mol. The Balaban J connectivity index is 2.20. The Hall–Kier alpha value is -0.930. The average Bonchev–Trinajstić information content (AvgIpc) is 2.74. The quantitative estimate of drug-likeness (QED) is 0.869. The molecule has 1 aliphatic rings. The smallest absolute Gasteiger partial charge is 0.0775 e. The van der Waals surface area contributed by atoms with Crippen molar-refractivity contribution in [2.45, 2.75) is 51.9 Å². The summed E-state index contributed by atoms with van der Waals surface area (Å²) in [6, 6.07) is 2.34. The van der Waals surface area contributed by atoms with E-state index in [1.165, 1.54) is 11.1 Å². The van der Waals surface area contributed by atoms with Crippen molar-refractivity contribution in [3.63, 3.8) is 0 Å². The molecule has 0 spiro atoms. The van der Waals surface area contributed by atoms with Crippen LogP contribution in [-0.4, -0.2) is 23.7 Å². The van der Waals surface area contributed by atoms with Gasteiger partial charge in [0.15, 0.2) is 0 Å². The highest BCUT2D eigenvalue weighted by atomic mass is 16.5. The summed E-state index contributed by atoms with van der Waals surface area (Å²) in [7, 11) is 0. The Morgan fingerprint density at radius 2 is 2.35 bits per heavy atom. The van der Waals surface area contributed by atoms with Gasteiger partial charge in [0.1, 0.15) is 0 Å². The summed E-state index contributed by atoms with van der Waals surface area (Å²) >= 11 is 0. The van der Waals surface area contributed by atoms with Crippen molar-refractivity contribution in [1.29, 1.82) is 0 Å². The van der Waals surface area contributed by atoms with E-state index in [4.69, 9.17) is 4.74 Å². The third-order valence-corrected chi connectivity index (χ3v) is 3.48. The lowest BCUT2D eigenvalue weighted by molar-refractivity contribution is 0.0317. The molecule has 1 N–H and O–H groups in total. The van der Waals surface area contributed by atoms with Gasteiger partial charge in [0, 0.05) is 12.4 Å². The Morgan fingerprint density at radius 3 is 2.94 bits per heavy atom. The van der Waals surface area contributed by atoms with Crippen LogP contribution in [0.3, 0.4) is 0 Å². The second-order valence-corrected chi connectivity index (χ2v) is 4.83. The van der Waals surface area contributed by atoms with E-state index in [0.29, 0.717) is 6.10 Å². The first kappa shape index (κ1) is 12.5. The number of aromatic nitrogens is 1. The molecule has 3 nitrogen and oxygen atoms in total. The van der Waals surface area contributed by atoms with Crippen LogP contribution in [0.5, 0.6) is 0 Å². The molecule has 0 saturated carbocycles. The number of pyridine rings is 1. The molecule has 1 fully saturated rings. The fraction of sp³-hybridized carbons (Fsp3) is 0.643. The van der Waals surface area contributed by atoms with Crippen molar-refractivity contribution in [1.82, 2.24) is 10.3 Å². The molecule has 17 heavy (non-hydrogen) atoms. The minimum Gasteiger partial charge on any atom is -0.373 e. The number of likely N-dealkylation sites (N-methyl/N-ethyl adjacent to an activating group) is 1. The minimum atomic E-state index is 0.277. The zero-order valence-corrected chi connectivity index (χ0v) is 10.9. The molecule has 2 heterocycles. The van der Waals surface area contributed by atoms with Gasteiger partial charge in [0.2, 0.25) is 0 Å². The van der Waals surface area contributed by atoms with Crippen LogP contribution >= 0.6 is 0 Å². The van der Waals surface area contributed by atoms with Gasteiger partial charge in [-0.05, 0) is 50.4 Å². The predicted octanol–water partition coefficient (Wildman–Crippen LogP) is 2.61. The lowest BCUT2D eigenvalue weighted by Crippen LogP contribution is -2.32. The normalized spacial score (nSPS) is 26.1. The topological polar surface area (TPSA) is 34.2 Å². The van der Waals surface area contributed by atoms with Crippen molar-refractivity contribution < 1.29 is 4.74 Å². The standard InChI is InChI=1S/C14H22N2O/c1-4-16-14(13-6-5-11(3)17-13)12-9-15-8-7-10(12)2/h7-9,11,13-14,16H,4-6H2,1-3H3. The Bertz CT molecular complexity index is 367. The summed E-state index contributed by atoms with van der Waals surface area (Å²) in [4.78, 5) is 4.24. The molecule has 94 valence electrons. The van der Waals surface area contributed by atoms with Gasteiger partial charge < -0.3 is 10.1 Å². The lowest BCUT2D eigenvalue weighted by Gasteiger charge is -2.25. The summed E-state index contributed by atoms with van der Waals surface area (Å²) in [6.45, 7) is 7.38. The van der Waals surface area contributed by atoms with Crippen molar-refractivity contribution in [3.8, 4) is 0 Å². The number of nitrogens with one attached hydrogen (secondary N) is 1. The third kappa shape index (κ3) is 2.85. The van der Waals surface area contributed by atoms with Crippen LogP contribution in [-0.2, 0) is 4.74 Å². The van der Waals surface area contributed by atoms with Crippen molar-refractivity contribution >= 4 is 0 Å². The zero-order chi connectivity index (χ0) is 12.3. The second kappa shape index (κ2) is 5.61. The summed E-state index contributed by atoms with van der Waals surface area (Å²) in [5.74, 6) is 0. The highest BCUT2D eigenvalue weighted by molar-refractivity contribution is 5.26. The summed E-state index contributed by atoms with van der Waals surface area (Å²) in [6.07, 6.45) is 6.78. The van der Waals surface area contributed by atoms with Crippen LogP contribution in [0.1, 0.15) is 43.9 Å². The maximum atomic E-state index is 6.00. The second-order valence-electron chi connectivity index (χ2n) is 4.83. The molecule has 0 aliphatic carbocycles. The first-order chi connectivity index (χ1) is 8.22. The highest BCUT2D eigenvalue weighted by Crippen LogP contribution is 2.31. The lowest BCUT2D eigenvalue weighted by atomic mass is 9.97. The Labute approximate surface area is 104 Å². The Morgan fingerprint density at radius 1 is 1.53 bits per heavy atom. The van der Waals surface area contributed by atoms with E-state index in [1.54, 1.807) is 0 Å². The van der Waals surface area contributed by atoms with Gasteiger partial charge in [0.05, 0.1) is 18.2 Å². The molecule has 1 saturated heterocycles. The van der Waals surface area contributed by atoms with E-state index in [2.05, 4.69) is 37.1 Å². The largest absolute Gasteiger partial charge is 0.373 e. The fourth-order valence-corrected chi connectivity index (χ4v) is 2.54. The summed E-state index contributed by atoms with van der Waals surface area (Å²) in [5.41, 5.74) is 2.56. The molecule has 2 rings (SSSR count). The number of aryl methyl sites for hydroxylation is 1. The monoisotopic (exact) mass is 234 g/mol. The maximum Gasteiger partial charge on any atom is 0.0775 e. The molecular formula is C14H22N2O. The van der Waals surface area contributed by atoms with Crippen molar-refractivity contribution in [2.75, 3.05) is 6.54 Å². The number of ether oxygens (including phenoxy) is 1. The zero-order valence-electron chi connectivity index (χ0n) is 10.9. The van der Waals surface area contributed by atoms with Gasteiger partial charge in [-0.2, -0.15) is 0 Å². The molecule has 1 aromatic rings.